The van der Waals surface area contributed by atoms with Crippen molar-refractivity contribution in [2.24, 2.45) is 0 Å². The average molecular weight is 246 g/mol. The summed E-state index contributed by atoms with van der Waals surface area (Å²) in [5.74, 6) is -0.203. The molecule has 0 aliphatic carbocycles. The first-order chi connectivity index (χ1) is 8.24. The normalized spacial score (nSPS) is 10.5. The topological polar surface area (TPSA) is 26.3 Å². The molecule has 0 aliphatic heterocycles. The van der Waals surface area contributed by atoms with Crippen LogP contribution >= 0.6 is 11.8 Å². The van der Waals surface area contributed by atoms with Crippen LogP contribution in [0, 0.1) is 0 Å². The quantitative estimate of drug-likeness (QED) is 0.614. The molecule has 2 nitrogen and oxygen atoms in total. The van der Waals surface area contributed by atoms with Crippen LogP contribution in [-0.2, 0) is 16.0 Å². The van der Waals surface area contributed by atoms with E-state index in [2.05, 4.69) is 29.2 Å². The van der Waals surface area contributed by atoms with Crippen molar-refractivity contribution >= 4 is 28.5 Å². The van der Waals surface area contributed by atoms with Gasteiger partial charge in [-0.15, -0.1) is 11.8 Å². The lowest BCUT2D eigenvalue weighted by atomic mass is 10.1. The molecule has 0 radical (unpaired) electrons. The Morgan fingerprint density at radius 2 is 2.12 bits per heavy atom. The molecule has 17 heavy (non-hydrogen) atoms. The minimum atomic E-state index is -0.203. The number of carbonyl (C=O) groups is 1. The van der Waals surface area contributed by atoms with Crippen LogP contribution in [0.2, 0.25) is 0 Å². The summed E-state index contributed by atoms with van der Waals surface area (Å²) >= 11 is 1.72. The lowest BCUT2D eigenvalue weighted by molar-refractivity contribution is -0.139. The van der Waals surface area contributed by atoms with E-state index < -0.39 is 0 Å². The van der Waals surface area contributed by atoms with E-state index in [1.807, 2.05) is 18.2 Å². The Morgan fingerprint density at radius 1 is 1.29 bits per heavy atom. The van der Waals surface area contributed by atoms with Gasteiger partial charge in [0.15, 0.2) is 0 Å². The molecule has 0 heterocycles. The number of thioether (sulfide) groups is 1. The van der Waals surface area contributed by atoms with E-state index in [-0.39, 0.29) is 5.97 Å². The summed E-state index contributed by atoms with van der Waals surface area (Å²) in [6.07, 6.45) is 2.39. The van der Waals surface area contributed by atoms with Crippen LogP contribution in [0.25, 0.3) is 10.8 Å². The second-order valence-corrected chi connectivity index (χ2v) is 4.62. The van der Waals surface area contributed by atoms with Gasteiger partial charge in [-0.1, -0.05) is 24.3 Å². The molecule has 0 spiro atoms. The maximum atomic E-state index is 11.2. The summed E-state index contributed by atoms with van der Waals surface area (Å²) < 4.78 is 4.68. The van der Waals surface area contributed by atoms with Crippen LogP contribution in [-0.4, -0.2) is 19.3 Å². The summed E-state index contributed by atoms with van der Waals surface area (Å²) in [4.78, 5) is 12.5. The summed E-state index contributed by atoms with van der Waals surface area (Å²) in [7, 11) is 1.41. The van der Waals surface area contributed by atoms with Gasteiger partial charge in [-0.3, -0.25) is 4.79 Å². The minimum absolute atomic E-state index is 0.203. The van der Waals surface area contributed by atoms with E-state index in [9.17, 15) is 4.79 Å². The Hall–Kier alpha value is -1.48. The highest BCUT2D eigenvalue weighted by Gasteiger charge is 2.05. The monoisotopic (exact) mass is 246 g/mol. The Kier molecular flexibility index (Phi) is 3.69. The standard InChI is InChI=1S/C14H14O2S/c1-16-14(15)9-10-6-7-11-4-3-5-13(17-2)12(11)8-10/h3-8H,9H2,1-2H3. The molecular formula is C14H14O2S. The highest BCUT2D eigenvalue weighted by Crippen LogP contribution is 2.27. The fourth-order valence-electron chi connectivity index (χ4n) is 1.82. The highest BCUT2D eigenvalue weighted by atomic mass is 32.2. The van der Waals surface area contributed by atoms with Crippen LogP contribution < -0.4 is 0 Å². The van der Waals surface area contributed by atoms with E-state index in [0.29, 0.717) is 6.42 Å². The third kappa shape index (κ3) is 2.61. The van der Waals surface area contributed by atoms with Gasteiger partial charge in [-0.2, -0.15) is 0 Å². The molecule has 0 unspecified atom stereocenters. The maximum absolute atomic E-state index is 11.2. The van der Waals surface area contributed by atoms with Gasteiger partial charge < -0.3 is 4.74 Å². The predicted octanol–water partition coefficient (Wildman–Crippen LogP) is 3.28. The molecule has 0 aromatic heterocycles. The number of methoxy groups -OCH3 is 1. The summed E-state index contributed by atoms with van der Waals surface area (Å²) in [5, 5.41) is 2.40. The molecule has 0 saturated carbocycles. The van der Waals surface area contributed by atoms with Gasteiger partial charge in [0.2, 0.25) is 0 Å². The molecule has 0 bridgehead atoms. The number of rotatable bonds is 3. The number of carbonyl (C=O) groups excluding carboxylic acids is 1. The second kappa shape index (κ2) is 5.23. The van der Waals surface area contributed by atoms with E-state index in [4.69, 9.17) is 0 Å². The highest BCUT2D eigenvalue weighted by molar-refractivity contribution is 7.98. The number of ether oxygens (including phenoxy) is 1. The minimum Gasteiger partial charge on any atom is -0.469 e. The molecule has 0 fully saturated rings. The third-order valence-electron chi connectivity index (χ3n) is 2.70. The van der Waals surface area contributed by atoms with E-state index in [1.54, 1.807) is 11.8 Å². The largest absolute Gasteiger partial charge is 0.469 e. The zero-order valence-electron chi connectivity index (χ0n) is 9.90. The first kappa shape index (κ1) is 12.0. The third-order valence-corrected chi connectivity index (χ3v) is 3.50. The SMILES string of the molecule is COC(=O)Cc1ccc2cccc(SC)c2c1. The van der Waals surface area contributed by atoms with Crippen LogP contribution in [0.5, 0.6) is 0 Å². The Labute approximate surface area is 105 Å². The van der Waals surface area contributed by atoms with Crippen LogP contribution in [0.4, 0.5) is 0 Å². The number of fused-ring (bicyclic) bond motifs is 1. The molecule has 88 valence electrons. The van der Waals surface area contributed by atoms with Crippen molar-refractivity contribution in [3.8, 4) is 0 Å². The fraction of sp³-hybridized carbons (Fsp3) is 0.214. The molecule has 2 aromatic carbocycles. The van der Waals surface area contributed by atoms with Crippen LogP contribution in [0.15, 0.2) is 41.3 Å². The van der Waals surface area contributed by atoms with Crippen molar-refractivity contribution < 1.29 is 9.53 Å². The summed E-state index contributed by atoms with van der Waals surface area (Å²) in [5.41, 5.74) is 0.992. The Bertz CT molecular complexity index is 549. The van der Waals surface area contributed by atoms with Gasteiger partial charge in [0.25, 0.3) is 0 Å². The molecule has 2 aromatic rings. The lowest BCUT2D eigenvalue weighted by Gasteiger charge is -2.06. The zero-order chi connectivity index (χ0) is 12.3. The molecule has 0 atom stereocenters. The lowest BCUT2D eigenvalue weighted by Crippen LogP contribution is -2.04. The van der Waals surface area contributed by atoms with Crippen molar-refractivity contribution in [2.75, 3.05) is 13.4 Å². The fourth-order valence-corrected chi connectivity index (χ4v) is 2.43. The molecule has 0 amide bonds. The number of hydrogen-bond donors (Lipinski definition) is 0. The maximum Gasteiger partial charge on any atom is 0.309 e. The molecule has 3 heteroatoms. The van der Waals surface area contributed by atoms with E-state index in [0.717, 1.165) is 5.56 Å². The first-order valence-electron chi connectivity index (χ1n) is 5.37. The summed E-state index contributed by atoms with van der Waals surface area (Å²) in [6, 6.07) is 12.3. The van der Waals surface area contributed by atoms with Crippen molar-refractivity contribution in [3.63, 3.8) is 0 Å². The summed E-state index contributed by atoms with van der Waals surface area (Å²) in [6.45, 7) is 0. The molecule has 0 N–H and O–H groups in total. The molecule has 0 aliphatic rings. The van der Waals surface area contributed by atoms with Gasteiger partial charge in [-0.25, -0.2) is 0 Å². The average Bonchev–Trinajstić information content (AvgIpc) is 2.37. The number of hydrogen-bond acceptors (Lipinski definition) is 3. The van der Waals surface area contributed by atoms with Gasteiger partial charge >= 0.3 is 5.97 Å². The van der Waals surface area contributed by atoms with Crippen molar-refractivity contribution in [2.45, 2.75) is 11.3 Å². The number of esters is 1. The second-order valence-electron chi connectivity index (χ2n) is 3.77. The van der Waals surface area contributed by atoms with Crippen molar-refractivity contribution in [1.82, 2.24) is 0 Å². The van der Waals surface area contributed by atoms with Crippen LogP contribution in [0.3, 0.4) is 0 Å². The smallest absolute Gasteiger partial charge is 0.309 e. The van der Waals surface area contributed by atoms with E-state index in [1.165, 1.54) is 22.8 Å². The van der Waals surface area contributed by atoms with Gasteiger partial charge in [0.05, 0.1) is 13.5 Å². The Morgan fingerprint density at radius 3 is 2.82 bits per heavy atom. The van der Waals surface area contributed by atoms with Crippen LogP contribution in [0.1, 0.15) is 5.56 Å². The predicted molar refractivity (Wildman–Crippen MR) is 71.4 cm³/mol. The van der Waals surface area contributed by atoms with Crippen molar-refractivity contribution in [1.29, 1.82) is 0 Å². The molecule has 0 saturated heterocycles. The molecule has 2 rings (SSSR count). The first-order valence-corrected chi connectivity index (χ1v) is 6.59. The van der Waals surface area contributed by atoms with Gasteiger partial charge in [0.1, 0.15) is 0 Å². The number of benzene rings is 2. The van der Waals surface area contributed by atoms with Crippen molar-refractivity contribution in [3.05, 3.63) is 42.0 Å². The van der Waals surface area contributed by atoms with Gasteiger partial charge in [-0.05, 0) is 34.7 Å². The molecular weight excluding hydrogens is 232 g/mol. The zero-order valence-corrected chi connectivity index (χ0v) is 10.7. The van der Waals surface area contributed by atoms with E-state index >= 15 is 0 Å². The Balaban J connectivity index is 2.44. The van der Waals surface area contributed by atoms with Gasteiger partial charge in [0, 0.05) is 4.90 Å².